The Morgan fingerprint density at radius 3 is 2.40 bits per heavy atom. The molecule has 4 nitrogen and oxygen atoms in total. The SMILES string of the molecule is CC(C)=CCC/C(C)=C\CC(C)(C)/C=N/n1cnnc1. The predicted octanol–water partition coefficient (Wildman–Crippen LogP) is 4.22. The maximum absolute atomic E-state index is 4.33. The lowest BCUT2D eigenvalue weighted by Gasteiger charge is -2.17. The number of aromatic nitrogens is 3. The van der Waals surface area contributed by atoms with E-state index in [0.29, 0.717) is 0 Å². The molecule has 0 amide bonds. The predicted molar refractivity (Wildman–Crippen MR) is 84.7 cm³/mol. The van der Waals surface area contributed by atoms with E-state index in [0.717, 1.165) is 19.3 Å². The zero-order valence-corrected chi connectivity index (χ0v) is 13.3. The third-order valence-corrected chi connectivity index (χ3v) is 3.01. The van der Waals surface area contributed by atoms with Crippen molar-refractivity contribution in [3.05, 3.63) is 36.0 Å². The molecule has 0 aliphatic carbocycles. The Morgan fingerprint density at radius 1 is 1.15 bits per heavy atom. The molecular weight excluding hydrogens is 248 g/mol. The van der Waals surface area contributed by atoms with E-state index in [-0.39, 0.29) is 5.41 Å². The molecule has 20 heavy (non-hydrogen) atoms. The van der Waals surface area contributed by atoms with Crippen LogP contribution < -0.4 is 0 Å². The van der Waals surface area contributed by atoms with Crippen LogP contribution in [0, 0.1) is 5.41 Å². The first-order valence-electron chi connectivity index (χ1n) is 7.08. The van der Waals surface area contributed by atoms with Crippen molar-refractivity contribution < 1.29 is 0 Å². The van der Waals surface area contributed by atoms with Crippen LogP contribution in [0.2, 0.25) is 0 Å². The van der Waals surface area contributed by atoms with Gasteiger partial charge in [-0.25, -0.2) is 4.68 Å². The van der Waals surface area contributed by atoms with Gasteiger partial charge in [0.1, 0.15) is 12.7 Å². The van der Waals surface area contributed by atoms with E-state index >= 15 is 0 Å². The fraction of sp³-hybridized carbons (Fsp3) is 0.562. The van der Waals surface area contributed by atoms with Gasteiger partial charge in [0.05, 0.1) is 0 Å². The van der Waals surface area contributed by atoms with Crippen molar-refractivity contribution in [3.63, 3.8) is 0 Å². The van der Waals surface area contributed by atoms with E-state index in [1.54, 1.807) is 17.3 Å². The Hall–Kier alpha value is -1.71. The molecular formula is C16H26N4. The normalized spacial score (nSPS) is 12.9. The quantitative estimate of drug-likeness (QED) is 0.552. The zero-order chi connectivity index (χ0) is 15.0. The lowest BCUT2D eigenvalue weighted by Crippen LogP contribution is -2.12. The second-order valence-electron chi connectivity index (χ2n) is 6.15. The van der Waals surface area contributed by atoms with Crippen LogP contribution in [0.15, 0.2) is 41.1 Å². The molecule has 110 valence electrons. The molecule has 0 spiro atoms. The Bertz CT molecular complexity index is 475. The summed E-state index contributed by atoms with van der Waals surface area (Å²) in [5.74, 6) is 0. The van der Waals surface area contributed by atoms with E-state index in [1.807, 2.05) is 6.21 Å². The van der Waals surface area contributed by atoms with Gasteiger partial charge in [-0.15, -0.1) is 10.2 Å². The summed E-state index contributed by atoms with van der Waals surface area (Å²) >= 11 is 0. The summed E-state index contributed by atoms with van der Waals surface area (Å²) in [5, 5.41) is 11.8. The van der Waals surface area contributed by atoms with Gasteiger partial charge in [-0.2, -0.15) is 5.10 Å². The number of nitrogens with zero attached hydrogens (tertiary/aromatic N) is 4. The number of hydrogen-bond acceptors (Lipinski definition) is 3. The van der Waals surface area contributed by atoms with Crippen LogP contribution in [-0.4, -0.2) is 21.1 Å². The molecule has 1 heterocycles. The van der Waals surface area contributed by atoms with E-state index in [9.17, 15) is 0 Å². The van der Waals surface area contributed by atoms with Gasteiger partial charge < -0.3 is 0 Å². The monoisotopic (exact) mass is 274 g/mol. The molecule has 0 radical (unpaired) electrons. The van der Waals surface area contributed by atoms with Crippen molar-refractivity contribution in [2.45, 2.75) is 53.9 Å². The fourth-order valence-corrected chi connectivity index (χ4v) is 1.66. The molecule has 0 bridgehead atoms. The van der Waals surface area contributed by atoms with Crippen molar-refractivity contribution in [1.82, 2.24) is 14.9 Å². The van der Waals surface area contributed by atoms with E-state index < -0.39 is 0 Å². The molecule has 0 aliphatic rings. The van der Waals surface area contributed by atoms with Crippen LogP contribution >= 0.6 is 0 Å². The minimum Gasteiger partial charge on any atom is -0.208 e. The van der Waals surface area contributed by atoms with Gasteiger partial charge in [0, 0.05) is 11.6 Å². The fourth-order valence-electron chi connectivity index (χ4n) is 1.66. The van der Waals surface area contributed by atoms with Crippen molar-refractivity contribution >= 4 is 6.21 Å². The second-order valence-corrected chi connectivity index (χ2v) is 6.15. The Kier molecular flexibility index (Phi) is 6.36. The number of hydrogen-bond donors (Lipinski definition) is 0. The molecule has 1 rings (SSSR count). The molecule has 0 fully saturated rings. The highest BCUT2D eigenvalue weighted by molar-refractivity contribution is 5.64. The number of rotatable bonds is 7. The lowest BCUT2D eigenvalue weighted by atomic mass is 9.89. The van der Waals surface area contributed by atoms with E-state index in [1.165, 1.54) is 11.1 Å². The lowest BCUT2D eigenvalue weighted by molar-refractivity contribution is 0.538. The largest absolute Gasteiger partial charge is 0.208 e. The highest BCUT2D eigenvalue weighted by Crippen LogP contribution is 2.20. The van der Waals surface area contributed by atoms with Gasteiger partial charge in [-0.1, -0.05) is 37.1 Å². The maximum Gasteiger partial charge on any atom is 0.141 e. The van der Waals surface area contributed by atoms with Crippen LogP contribution in [0.3, 0.4) is 0 Å². The third-order valence-electron chi connectivity index (χ3n) is 3.01. The van der Waals surface area contributed by atoms with Crippen molar-refractivity contribution in [1.29, 1.82) is 0 Å². The molecule has 1 aromatic rings. The van der Waals surface area contributed by atoms with Crippen molar-refractivity contribution in [2.24, 2.45) is 10.5 Å². The summed E-state index contributed by atoms with van der Waals surface area (Å²) in [6.45, 7) is 10.8. The van der Waals surface area contributed by atoms with Crippen LogP contribution in [0.5, 0.6) is 0 Å². The van der Waals surface area contributed by atoms with E-state index in [2.05, 4.69) is 62.1 Å². The summed E-state index contributed by atoms with van der Waals surface area (Å²) in [7, 11) is 0. The summed E-state index contributed by atoms with van der Waals surface area (Å²) < 4.78 is 1.62. The average Bonchev–Trinajstić information content (AvgIpc) is 2.87. The Labute approximate surface area is 122 Å². The topological polar surface area (TPSA) is 43.1 Å². The molecule has 0 saturated carbocycles. The first-order valence-corrected chi connectivity index (χ1v) is 7.08. The molecule has 0 unspecified atom stereocenters. The van der Waals surface area contributed by atoms with Gasteiger partial charge in [-0.05, 0) is 40.0 Å². The second kappa shape index (κ2) is 7.78. The van der Waals surface area contributed by atoms with Crippen LogP contribution in [0.4, 0.5) is 0 Å². The van der Waals surface area contributed by atoms with Crippen LogP contribution in [-0.2, 0) is 0 Å². The molecule has 0 aliphatic heterocycles. The van der Waals surface area contributed by atoms with Gasteiger partial charge in [-0.3, -0.25) is 0 Å². The van der Waals surface area contributed by atoms with Crippen LogP contribution in [0.25, 0.3) is 0 Å². The third kappa shape index (κ3) is 7.02. The highest BCUT2D eigenvalue weighted by atomic mass is 15.4. The van der Waals surface area contributed by atoms with Gasteiger partial charge >= 0.3 is 0 Å². The highest BCUT2D eigenvalue weighted by Gasteiger charge is 2.13. The molecule has 4 heteroatoms. The first kappa shape index (κ1) is 16.3. The summed E-state index contributed by atoms with van der Waals surface area (Å²) in [4.78, 5) is 0. The minimum absolute atomic E-state index is 0.0298. The van der Waals surface area contributed by atoms with E-state index in [4.69, 9.17) is 0 Å². The van der Waals surface area contributed by atoms with Gasteiger partial charge in [0.25, 0.3) is 0 Å². The molecule has 1 aromatic heterocycles. The summed E-state index contributed by atoms with van der Waals surface area (Å²) in [6, 6.07) is 0. The Balaban J connectivity index is 2.47. The zero-order valence-electron chi connectivity index (χ0n) is 13.3. The van der Waals surface area contributed by atoms with Crippen molar-refractivity contribution in [2.75, 3.05) is 0 Å². The molecule has 0 saturated heterocycles. The number of allylic oxidation sites excluding steroid dienone is 4. The summed E-state index contributed by atoms with van der Waals surface area (Å²) in [6.07, 6.45) is 13.0. The summed E-state index contributed by atoms with van der Waals surface area (Å²) in [5.41, 5.74) is 2.86. The molecule has 0 atom stereocenters. The smallest absolute Gasteiger partial charge is 0.141 e. The first-order chi connectivity index (χ1) is 9.39. The average molecular weight is 274 g/mol. The minimum atomic E-state index is 0.0298. The van der Waals surface area contributed by atoms with Crippen LogP contribution in [0.1, 0.15) is 53.9 Å². The maximum atomic E-state index is 4.33. The standard InChI is InChI=1S/C16H26N4/c1-14(2)7-6-8-15(3)9-10-16(4,5)11-19-20-12-17-18-13-20/h7,9,11-13H,6,8,10H2,1-5H3/b15-9-,19-11+. The Morgan fingerprint density at radius 2 is 1.80 bits per heavy atom. The van der Waals surface area contributed by atoms with Crippen molar-refractivity contribution in [3.8, 4) is 0 Å². The van der Waals surface area contributed by atoms with Gasteiger partial charge in [0.2, 0.25) is 0 Å². The molecule has 0 N–H and O–H groups in total. The molecule has 0 aromatic carbocycles. The van der Waals surface area contributed by atoms with Gasteiger partial charge in [0.15, 0.2) is 0 Å².